The quantitative estimate of drug-likeness (QED) is 0.775. The SMILES string of the molecule is N#Cc1c(C(F)(F)F)nc2n1CCN(C(=O)[C@@H](N)CCC(N)=O)C2. The van der Waals surface area contributed by atoms with Crippen molar-refractivity contribution >= 4 is 11.8 Å². The van der Waals surface area contributed by atoms with E-state index in [2.05, 4.69) is 4.98 Å². The van der Waals surface area contributed by atoms with Crippen LogP contribution in [0.5, 0.6) is 0 Å². The Morgan fingerprint density at radius 2 is 2.04 bits per heavy atom. The van der Waals surface area contributed by atoms with E-state index in [1.807, 2.05) is 0 Å². The Morgan fingerprint density at radius 1 is 1.38 bits per heavy atom. The lowest BCUT2D eigenvalue weighted by atomic mass is 10.1. The molecule has 11 heteroatoms. The largest absolute Gasteiger partial charge is 0.436 e. The lowest BCUT2D eigenvalue weighted by Crippen LogP contribution is -2.47. The zero-order valence-electron chi connectivity index (χ0n) is 12.5. The molecule has 2 heterocycles. The smallest absolute Gasteiger partial charge is 0.370 e. The normalized spacial score (nSPS) is 15.5. The van der Waals surface area contributed by atoms with Crippen LogP contribution in [-0.2, 0) is 28.9 Å². The van der Waals surface area contributed by atoms with Crippen LogP contribution < -0.4 is 11.5 Å². The minimum absolute atomic E-state index is 0.00951. The number of hydrogen-bond acceptors (Lipinski definition) is 5. The number of aromatic nitrogens is 2. The lowest BCUT2D eigenvalue weighted by molar-refractivity contribution is -0.141. The van der Waals surface area contributed by atoms with E-state index in [0.29, 0.717) is 0 Å². The maximum Gasteiger partial charge on any atom is 0.436 e. The Hall–Kier alpha value is -2.61. The van der Waals surface area contributed by atoms with Crippen molar-refractivity contribution in [3.8, 4) is 6.07 Å². The first-order chi connectivity index (χ1) is 11.1. The van der Waals surface area contributed by atoms with Gasteiger partial charge in [-0.15, -0.1) is 0 Å². The molecule has 24 heavy (non-hydrogen) atoms. The van der Waals surface area contributed by atoms with Crippen LogP contribution in [-0.4, -0.2) is 38.9 Å². The van der Waals surface area contributed by atoms with Crippen LogP contribution in [0.2, 0.25) is 0 Å². The lowest BCUT2D eigenvalue weighted by Gasteiger charge is -2.29. The average Bonchev–Trinajstić information content (AvgIpc) is 2.89. The number of halogens is 3. The van der Waals surface area contributed by atoms with Crippen LogP contribution in [0.3, 0.4) is 0 Å². The number of rotatable bonds is 4. The molecule has 0 spiro atoms. The molecule has 8 nitrogen and oxygen atoms in total. The van der Waals surface area contributed by atoms with Crippen molar-refractivity contribution in [2.45, 2.75) is 38.1 Å². The molecule has 1 aromatic heterocycles. The number of nitrogens with zero attached hydrogens (tertiary/aromatic N) is 4. The molecule has 2 amide bonds. The van der Waals surface area contributed by atoms with Crippen LogP contribution in [0.15, 0.2) is 0 Å². The fraction of sp³-hybridized carbons (Fsp3) is 0.538. The van der Waals surface area contributed by atoms with E-state index in [4.69, 9.17) is 16.7 Å². The second kappa shape index (κ2) is 6.48. The summed E-state index contributed by atoms with van der Waals surface area (Å²) in [4.78, 5) is 27.7. The Kier molecular flexibility index (Phi) is 4.79. The van der Waals surface area contributed by atoms with E-state index < -0.39 is 35.4 Å². The van der Waals surface area contributed by atoms with Crippen molar-refractivity contribution in [3.63, 3.8) is 0 Å². The van der Waals surface area contributed by atoms with Gasteiger partial charge in [0.2, 0.25) is 11.8 Å². The average molecular weight is 344 g/mol. The van der Waals surface area contributed by atoms with Crippen molar-refractivity contribution in [2.75, 3.05) is 6.54 Å². The van der Waals surface area contributed by atoms with Gasteiger partial charge in [0.25, 0.3) is 0 Å². The van der Waals surface area contributed by atoms with Crippen molar-refractivity contribution in [1.82, 2.24) is 14.5 Å². The van der Waals surface area contributed by atoms with Gasteiger partial charge in [-0.1, -0.05) is 0 Å². The van der Waals surface area contributed by atoms with Crippen molar-refractivity contribution in [2.24, 2.45) is 11.5 Å². The van der Waals surface area contributed by atoms with Gasteiger partial charge in [-0.05, 0) is 6.42 Å². The molecular formula is C13H15F3N6O2. The number of carbonyl (C=O) groups is 2. The molecule has 1 aliphatic heterocycles. The third-order valence-electron chi connectivity index (χ3n) is 3.68. The van der Waals surface area contributed by atoms with Gasteiger partial charge in [0.15, 0.2) is 11.4 Å². The first-order valence-corrected chi connectivity index (χ1v) is 7.04. The third-order valence-corrected chi connectivity index (χ3v) is 3.68. The number of hydrogen-bond donors (Lipinski definition) is 2. The van der Waals surface area contributed by atoms with Gasteiger partial charge in [-0.3, -0.25) is 9.59 Å². The molecular weight excluding hydrogens is 329 g/mol. The zero-order valence-corrected chi connectivity index (χ0v) is 12.5. The Labute approximate surface area is 134 Å². The highest BCUT2D eigenvalue weighted by Gasteiger charge is 2.40. The molecule has 0 radical (unpaired) electrons. The van der Waals surface area contributed by atoms with E-state index in [1.54, 1.807) is 0 Å². The number of imidazole rings is 1. The van der Waals surface area contributed by atoms with Gasteiger partial charge in [0.1, 0.15) is 11.9 Å². The maximum absolute atomic E-state index is 12.9. The summed E-state index contributed by atoms with van der Waals surface area (Å²) in [6.07, 6.45) is -4.76. The molecule has 0 saturated carbocycles. The predicted molar refractivity (Wildman–Crippen MR) is 73.8 cm³/mol. The molecule has 4 N–H and O–H groups in total. The van der Waals surface area contributed by atoms with Crippen LogP contribution in [0.4, 0.5) is 13.2 Å². The summed E-state index contributed by atoms with van der Waals surface area (Å²) in [6, 6.07) is 0.535. The van der Waals surface area contributed by atoms with Gasteiger partial charge in [0, 0.05) is 19.5 Å². The molecule has 1 aromatic rings. The standard InChI is InChI=1S/C13H15F3N6O2/c14-13(15,16)11-8(5-17)22-4-3-21(6-10(22)20-11)12(24)7(18)1-2-9(19)23/h7H,1-4,6,18H2,(H2,19,23)/t7-/m0/s1. The van der Waals surface area contributed by atoms with E-state index in [1.165, 1.54) is 11.0 Å². The summed E-state index contributed by atoms with van der Waals surface area (Å²) >= 11 is 0. The van der Waals surface area contributed by atoms with Crippen LogP contribution >= 0.6 is 0 Å². The minimum Gasteiger partial charge on any atom is -0.370 e. The highest BCUT2D eigenvalue weighted by Crippen LogP contribution is 2.32. The molecule has 0 aromatic carbocycles. The second-order valence-corrected chi connectivity index (χ2v) is 5.36. The van der Waals surface area contributed by atoms with Crippen molar-refractivity contribution < 1.29 is 22.8 Å². The van der Waals surface area contributed by atoms with Crippen molar-refractivity contribution in [1.29, 1.82) is 5.26 Å². The molecule has 0 saturated heterocycles. The summed E-state index contributed by atoms with van der Waals surface area (Å²) in [5.74, 6) is -1.13. The fourth-order valence-corrected chi connectivity index (χ4v) is 2.49. The van der Waals surface area contributed by atoms with Crippen LogP contribution in [0.1, 0.15) is 30.1 Å². The minimum atomic E-state index is -4.75. The molecule has 1 aliphatic rings. The van der Waals surface area contributed by atoms with Crippen LogP contribution in [0.25, 0.3) is 0 Å². The van der Waals surface area contributed by atoms with Gasteiger partial charge in [-0.2, -0.15) is 18.4 Å². The number of amides is 2. The highest BCUT2D eigenvalue weighted by molar-refractivity contribution is 5.82. The molecule has 0 aliphatic carbocycles. The van der Waals surface area contributed by atoms with E-state index in [9.17, 15) is 22.8 Å². The third kappa shape index (κ3) is 3.48. The number of primary amides is 1. The van der Waals surface area contributed by atoms with Crippen molar-refractivity contribution in [3.05, 3.63) is 17.2 Å². The molecule has 2 rings (SSSR count). The highest BCUT2D eigenvalue weighted by atomic mass is 19.4. The molecule has 130 valence electrons. The summed E-state index contributed by atoms with van der Waals surface area (Å²) in [5.41, 5.74) is 8.85. The van der Waals surface area contributed by atoms with Crippen LogP contribution in [0, 0.1) is 11.3 Å². The Morgan fingerprint density at radius 3 is 2.58 bits per heavy atom. The van der Waals surface area contributed by atoms with E-state index in [0.717, 1.165) is 4.57 Å². The molecule has 1 atom stereocenters. The Bertz CT molecular complexity index is 706. The number of carbonyl (C=O) groups excluding carboxylic acids is 2. The molecule has 0 unspecified atom stereocenters. The summed E-state index contributed by atoms with van der Waals surface area (Å²) in [7, 11) is 0. The second-order valence-electron chi connectivity index (χ2n) is 5.36. The van der Waals surface area contributed by atoms with Gasteiger partial charge in [0.05, 0.1) is 12.6 Å². The zero-order chi connectivity index (χ0) is 18.1. The number of alkyl halides is 3. The fourth-order valence-electron chi connectivity index (χ4n) is 2.49. The van der Waals surface area contributed by atoms with Gasteiger partial charge < -0.3 is 20.9 Å². The Balaban J connectivity index is 2.18. The number of nitriles is 1. The summed E-state index contributed by atoms with van der Waals surface area (Å²) < 4.78 is 39.9. The predicted octanol–water partition coefficient (Wildman–Crippen LogP) is -0.291. The first-order valence-electron chi connectivity index (χ1n) is 7.04. The first kappa shape index (κ1) is 17.7. The molecule has 0 fully saturated rings. The van der Waals surface area contributed by atoms with Gasteiger partial charge in [-0.25, -0.2) is 4.98 Å². The van der Waals surface area contributed by atoms with E-state index >= 15 is 0 Å². The summed E-state index contributed by atoms with van der Waals surface area (Å²) in [6.45, 7) is -0.0815. The maximum atomic E-state index is 12.9. The van der Waals surface area contributed by atoms with Gasteiger partial charge >= 0.3 is 6.18 Å². The topological polar surface area (TPSA) is 131 Å². The monoisotopic (exact) mass is 344 g/mol. The number of nitrogens with two attached hydrogens (primary N) is 2. The van der Waals surface area contributed by atoms with E-state index in [-0.39, 0.29) is 38.3 Å². The molecule has 0 bridgehead atoms. The summed E-state index contributed by atoms with van der Waals surface area (Å²) in [5, 5.41) is 8.96. The number of fused-ring (bicyclic) bond motifs is 1.